The second kappa shape index (κ2) is 4.98. The standard InChI is InChI=1S/C14H22N2O2/c1-8-7-11(18-6)9(2)10(3)12(8)16-13(17)14(4,5)15/h7H,15H2,1-6H3,(H,16,17). The Morgan fingerprint density at radius 1 is 1.28 bits per heavy atom. The Hall–Kier alpha value is -1.55. The lowest BCUT2D eigenvalue weighted by atomic mass is 10.0. The predicted octanol–water partition coefficient (Wildman–Crippen LogP) is 2.30. The molecule has 0 aliphatic heterocycles. The summed E-state index contributed by atoms with van der Waals surface area (Å²) in [4.78, 5) is 11.9. The smallest absolute Gasteiger partial charge is 0.243 e. The van der Waals surface area contributed by atoms with Crippen molar-refractivity contribution in [3.05, 3.63) is 22.8 Å². The van der Waals surface area contributed by atoms with Crippen molar-refractivity contribution in [2.24, 2.45) is 5.73 Å². The molecular formula is C14H22N2O2. The van der Waals surface area contributed by atoms with Crippen LogP contribution in [0.3, 0.4) is 0 Å². The normalized spacial score (nSPS) is 11.3. The van der Waals surface area contributed by atoms with Gasteiger partial charge in [-0.3, -0.25) is 4.79 Å². The van der Waals surface area contributed by atoms with Crippen LogP contribution >= 0.6 is 0 Å². The molecule has 0 saturated heterocycles. The van der Waals surface area contributed by atoms with Crippen LogP contribution in [0.1, 0.15) is 30.5 Å². The number of nitrogens with one attached hydrogen (secondary N) is 1. The molecule has 0 heterocycles. The van der Waals surface area contributed by atoms with E-state index in [0.29, 0.717) is 0 Å². The average Bonchev–Trinajstić information content (AvgIpc) is 2.27. The number of aryl methyl sites for hydroxylation is 1. The van der Waals surface area contributed by atoms with Gasteiger partial charge in [0.2, 0.25) is 5.91 Å². The van der Waals surface area contributed by atoms with E-state index in [2.05, 4.69) is 5.32 Å². The van der Waals surface area contributed by atoms with Crippen molar-refractivity contribution in [2.45, 2.75) is 40.2 Å². The predicted molar refractivity (Wildman–Crippen MR) is 74.1 cm³/mol. The van der Waals surface area contributed by atoms with Crippen LogP contribution in [0.2, 0.25) is 0 Å². The number of nitrogens with two attached hydrogens (primary N) is 1. The molecule has 3 N–H and O–H groups in total. The van der Waals surface area contributed by atoms with E-state index in [1.807, 2.05) is 26.8 Å². The van der Waals surface area contributed by atoms with Crippen LogP contribution < -0.4 is 15.8 Å². The number of methoxy groups -OCH3 is 1. The van der Waals surface area contributed by atoms with Crippen molar-refractivity contribution in [1.29, 1.82) is 0 Å². The highest BCUT2D eigenvalue weighted by atomic mass is 16.5. The van der Waals surface area contributed by atoms with Crippen molar-refractivity contribution in [1.82, 2.24) is 0 Å². The summed E-state index contributed by atoms with van der Waals surface area (Å²) in [5, 5.41) is 2.89. The van der Waals surface area contributed by atoms with E-state index in [4.69, 9.17) is 10.5 Å². The summed E-state index contributed by atoms with van der Waals surface area (Å²) >= 11 is 0. The average molecular weight is 250 g/mol. The highest BCUT2D eigenvalue weighted by molar-refractivity contribution is 5.98. The Kier molecular flexibility index (Phi) is 4.02. The number of ether oxygens (including phenoxy) is 1. The minimum absolute atomic E-state index is 0.196. The summed E-state index contributed by atoms with van der Waals surface area (Å²) in [6, 6.07) is 1.92. The summed E-state index contributed by atoms with van der Waals surface area (Å²) in [6.07, 6.45) is 0. The van der Waals surface area contributed by atoms with E-state index in [9.17, 15) is 4.79 Å². The van der Waals surface area contributed by atoms with Crippen molar-refractivity contribution in [3.8, 4) is 5.75 Å². The van der Waals surface area contributed by atoms with Gasteiger partial charge in [-0.15, -0.1) is 0 Å². The van der Waals surface area contributed by atoms with Crippen molar-refractivity contribution < 1.29 is 9.53 Å². The SMILES string of the molecule is COc1cc(C)c(NC(=O)C(C)(C)N)c(C)c1C. The number of rotatable bonds is 3. The zero-order chi connectivity index (χ0) is 14.1. The third-order valence-corrected chi connectivity index (χ3v) is 3.09. The molecule has 0 fully saturated rings. The molecule has 0 atom stereocenters. The lowest BCUT2D eigenvalue weighted by molar-refractivity contribution is -0.120. The fourth-order valence-electron chi connectivity index (χ4n) is 1.72. The maximum atomic E-state index is 11.9. The molecule has 0 bridgehead atoms. The van der Waals surface area contributed by atoms with Gasteiger partial charge in [0.05, 0.1) is 12.6 Å². The molecule has 0 spiro atoms. The molecule has 0 aromatic heterocycles. The maximum Gasteiger partial charge on any atom is 0.243 e. The Morgan fingerprint density at radius 2 is 1.83 bits per heavy atom. The zero-order valence-electron chi connectivity index (χ0n) is 12.0. The highest BCUT2D eigenvalue weighted by Crippen LogP contribution is 2.31. The minimum atomic E-state index is -0.896. The monoisotopic (exact) mass is 250 g/mol. The number of anilines is 1. The molecule has 1 rings (SSSR count). The van der Waals surface area contributed by atoms with Gasteiger partial charge in [-0.05, 0) is 57.4 Å². The Labute approximate surface area is 109 Å². The topological polar surface area (TPSA) is 64.3 Å². The van der Waals surface area contributed by atoms with E-state index in [1.165, 1.54) is 0 Å². The quantitative estimate of drug-likeness (QED) is 0.865. The molecule has 1 amide bonds. The third-order valence-electron chi connectivity index (χ3n) is 3.09. The summed E-state index contributed by atoms with van der Waals surface area (Å²) in [5.74, 6) is 0.633. The van der Waals surface area contributed by atoms with E-state index in [1.54, 1.807) is 21.0 Å². The van der Waals surface area contributed by atoms with Crippen LogP contribution in [-0.4, -0.2) is 18.6 Å². The van der Waals surface area contributed by atoms with Crippen LogP contribution in [0, 0.1) is 20.8 Å². The van der Waals surface area contributed by atoms with E-state index < -0.39 is 5.54 Å². The minimum Gasteiger partial charge on any atom is -0.496 e. The molecule has 1 aromatic carbocycles. The van der Waals surface area contributed by atoms with Crippen LogP contribution in [0.5, 0.6) is 5.75 Å². The van der Waals surface area contributed by atoms with Gasteiger partial charge in [0.15, 0.2) is 0 Å². The third kappa shape index (κ3) is 2.82. The molecule has 0 aliphatic rings. The highest BCUT2D eigenvalue weighted by Gasteiger charge is 2.23. The van der Waals surface area contributed by atoms with Gasteiger partial charge in [0, 0.05) is 5.69 Å². The number of carbonyl (C=O) groups excluding carboxylic acids is 1. The Morgan fingerprint density at radius 3 is 2.28 bits per heavy atom. The van der Waals surface area contributed by atoms with Gasteiger partial charge in [-0.25, -0.2) is 0 Å². The molecule has 100 valence electrons. The fraction of sp³-hybridized carbons (Fsp3) is 0.500. The zero-order valence-corrected chi connectivity index (χ0v) is 12.0. The number of hydrogen-bond donors (Lipinski definition) is 2. The molecule has 0 saturated carbocycles. The second-order valence-corrected chi connectivity index (χ2v) is 5.20. The van der Waals surface area contributed by atoms with Gasteiger partial charge in [-0.2, -0.15) is 0 Å². The summed E-state index contributed by atoms with van der Waals surface area (Å²) in [6.45, 7) is 9.24. The molecule has 4 heteroatoms. The number of benzene rings is 1. The number of carbonyl (C=O) groups is 1. The van der Waals surface area contributed by atoms with Crippen molar-refractivity contribution >= 4 is 11.6 Å². The van der Waals surface area contributed by atoms with Crippen LogP contribution in [-0.2, 0) is 4.79 Å². The van der Waals surface area contributed by atoms with Gasteiger partial charge < -0.3 is 15.8 Å². The number of amides is 1. The molecule has 18 heavy (non-hydrogen) atoms. The lowest BCUT2D eigenvalue weighted by Gasteiger charge is -2.21. The molecule has 1 aromatic rings. The second-order valence-electron chi connectivity index (χ2n) is 5.20. The van der Waals surface area contributed by atoms with Crippen molar-refractivity contribution in [3.63, 3.8) is 0 Å². The van der Waals surface area contributed by atoms with Gasteiger partial charge >= 0.3 is 0 Å². The first-order valence-electron chi connectivity index (χ1n) is 5.93. The molecule has 0 unspecified atom stereocenters. The molecular weight excluding hydrogens is 228 g/mol. The van der Waals surface area contributed by atoms with Crippen LogP contribution in [0.4, 0.5) is 5.69 Å². The largest absolute Gasteiger partial charge is 0.496 e. The number of hydrogen-bond acceptors (Lipinski definition) is 3. The van der Waals surface area contributed by atoms with E-state index in [0.717, 1.165) is 28.1 Å². The fourth-order valence-corrected chi connectivity index (χ4v) is 1.72. The van der Waals surface area contributed by atoms with E-state index in [-0.39, 0.29) is 5.91 Å². The Bertz CT molecular complexity index is 474. The van der Waals surface area contributed by atoms with Gasteiger partial charge in [0.25, 0.3) is 0 Å². The first-order valence-corrected chi connectivity index (χ1v) is 5.93. The van der Waals surface area contributed by atoms with Gasteiger partial charge in [-0.1, -0.05) is 0 Å². The van der Waals surface area contributed by atoms with Crippen LogP contribution in [0.15, 0.2) is 6.07 Å². The van der Waals surface area contributed by atoms with E-state index >= 15 is 0 Å². The molecule has 0 aliphatic carbocycles. The Balaban J connectivity index is 3.19. The summed E-state index contributed by atoms with van der Waals surface area (Å²) in [7, 11) is 1.64. The molecule has 4 nitrogen and oxygen atoms in total. The maximum absolute atomic E-state index is 11.9. The van der Waals surface area contributed by atoms with Crippen molar-refractivity contribution in [2.75, 3.05) is 12.4 Å². The van der Waals surface area contributed by atoms with Gasteiger partial charge in [0.1, 0.15) is 5.75 Å². The lowest BCUT2D eigenvalue weighted by Crippen LogP contribution is -2.45. The summed E-state index contributed by atoms with van der Waals surface area (Å²) < 4.78 is 5.30. The first-order chi connectivity index (χ1) is 8.18. The molecule has 0 radical (unpaired) electrons. The van der Waals surface area contributed by atoms with Crippen LogP contribution in [0.25, 0.3) is 0 Å². The first kappa shape index (κ1) is 14.5. The summed E-state index contributed by atoms with van der Waals surface area (Å²) in [5.41, 5.74) is 8.70.